The lowest BCUT2D eigenvalue weighted by molar-refractivity contribution is -0.142. The van der Waals surface area contributed by atoms with Crippen molar-refractivity contribution in [3.05, 3.63) is 34.9 Å². The Labute approximate surface area is 152 Å². The van der Waals surface area contributed by atoms with Crippen LogP contribution in [-0.2, 0) is 20.8 Å². The van der Waals surface area contributed by atoms with Crippen molar-refractivity contribution in [2.24, 2.45) is 5.92 Å². The van der Waals surface area contributed by atoms with Crippen LogP contribution < -0.4 is 10.6 Å². The molecule has 0 unspecified atom stereocenters. The number of amides is 2. The lowest BCUT2D eigenvalue weighted by Gasteiger charge is -2.16. The van der Waals surface area contributed by atoms with E-state index in [1.807, 2.05) is 26.0 Å². The minimum absolute atomic E-state index is 0.142. The first-order valence-electron chi connectivity index (χ1n) is 8.31. The maximum absolute atomic E-state index is 11.8. The van der Waals surface area contributed by atoms with Crippen LogP contribution in [0, 0.1) is 5.92 Å². The summed E-state index contributed by atoms with van der Waals surface area (Å²) in [6.45, 7) is 3.54. The number of carbonyl (C=O) groups is 3. The van der Waals surface area contributed by atoms with E-state index >= 15 is 0 Å². The molecule has 1 rings (SSSR count). The number of hydrogen-bond donors (Lipinski definition) is 3. The third kappa shape index (κ3) is 9.10. The highest BCUT2D eigenvalue weighted by Gasteiger charge is 2.21. The molecule has 138 valence electrons. The van der Waals surface area contributed by atoms with Gasteiger partial charge in [-0.1, -0.05) is 37.6 Å². The number of nitrogens with one attached hydrogen (secondary N) is 2. The van der Waals surface area contributed by atoms with Gasteiger partial charge in [0.2, 0.25) is 11.8 Å². The average Bonchev–Trinajstić information content (AvgIpc) is 2.53. The topological polar surface area (TPSA) is 95.5 Å². The quantitative estimate of drug-likeness (QED) is 0.591. The molecule has 0 aliphatic carbocycles. The summed E-state index contributed by atoms with van der Waals surface area (Å²) in [6, 6.07) is 6.49. The minimum Gasteiger partial charge on any atom is -0.480 e. The number of aryl methyl sites for hydroxylation is 1. The van der Waals surface area contributed by atoms with E-state index in [0.29, 0.717) is 24.3 Å². The zero-order chi connectivity index (χ0) is 18.8. The van der Waals surface area contributed by atoms with Crippen molar-refractivity contribution < 1.29 is 19.5 Å². The Hall–Kier alpha value is -2.08. The lowest BCUT2D eigenvalue weighted by Crippen LogP contribution is -2.46. The highest BCUT2D eigenvalue weighted by molar-refractivity contribution is 6.30. The molecule has 1 aromatic rings. The Morgan fingerprint density at radius 3 is 2.32 bits per heavy atom. The molecule has 0 saturated heterocycles. The normalized spacial score (nSPS) is 11.8. The van der Waals surface area contributed by atoms with E-state index in [1.165, 1.54) is 0 Å². The molecule has 1 atom stereocenters. The zero-order valence-electron chi connectivity index (χ0n) is 14.5. The van der Waals surface area contributed by atoms with Crippen LogP contribution in [0.3, 0.4) is 0 Å². The maximum Gasteiger partial charge on any atom is 0.326 e. The van der Waals surface area contributed by atoms with Crippen LogP contribution >= 0.6 is 11.6 Å². The molecule has 6 nitrogen and oxygen atoms in total. The summed E-state index contributed by atoms with van der Waals surface area (Å²) in [6.07, 6.45) is 2.03. The molecular formula is C18H25ClN2O4. The van der Waals surface area contributed by atoms with Gasteiger partial charge in [-0.2, -0.15) is 0 Å². The van der Waals surface area contributed by atoms with Crippen molar-refractivity contribution in [3.8, 4) is 0 Å². The third-order valence-electron chi connectivity index (χ3n) is 3.57. The van der Waals surface area contributed by atoms with E-state index in [4.69, 9.17) is 16.7 Å². The summed E-state index contributed by atoms with van der Waals surface area (Å²) in [7, 11) is 0. The summed E-state index contributed by atoms with van der Waals surface area (Å²) in [5.41, 5.74) is 1.09. The molecule has 25 heavy (non-hydrogen) atoms. The Morgan fingerprint density at radius 1 is 1.12 bits per heavy atom. The van der Waals surface area contributed by atoms with Crippen molar-refractivity contribution in [2.45, 2.75) is 45.6 Å². The molecule has 0 aromatic heterocycles. The Balaban J connectivity index is 2.26. The largest absolute Gasteiger partial charge is 0.480 e. The molecule has 1 aromatic carbocycles. The predicted molar refractivity (Wildman–Crippen MR) is 96.4 cm³/mol. The van der Waals surface area contributed by atoms with Crippen molar-refractivity contribution in [1.29, 1.82) is 0 Å². The van der Waals surface area contributed by atoms with E-state index in [-0.39, 0.29) is 18.4 Å². The van der Waals surface area contributed by atoms with Gasteiger partial charge in [-0.3, -0.25) is 9.59 Å². The fourth-order valence-corrected chi connectivity index (χ4v) is 2.44. The molecule has 0 bridgehead atoms. The SMILES string of the molecule is CC(C)C[C@H](NC(=O)CNC(=O)CCCc1ccc(Cl)cc1)C(=O)O. The molecule has 3 N–H and O–H groups in total. The second-order valence-corrected chi connectivity index (χ2v) is 6.78. The lowest BCUT2D eigenvalue weighted by atomic mass is 10.0. The predicted octanol–water partition coefficient (Wildman–Crippen LogP) is 2.39. The van der Waals surface area contributed by atoms with E-state index in [2.05, 4.69) is 10.6 Å². The fourth-order valence-electron chi connectivity index (χ4n) is 2.31. The maximum atomic E-state index is 11.8. The summed E-state index contributed by atoms with van der Waals surface area (Å²) < 4.78 is 0. The van der Waals surface area contributed by atoms with Gasteiger partial charge in [-0.15, -0.1) is 0 Å². The Kier molecular flexibility index (Phi) is 8.99. The van der Waals surface area contributed by atoms with Crippen LogP contribution in [0.15, 0.2) is 24.3 Å². The van der Waals surface area contributed by atoms with Crippen LogP contribution in [0.25, 0.3) is 0 Å². The molecule has 0 radical (unpaired) electrons. The number of benzene rings is 1. The van der Waals surface area contributed by atoms with Crippen molar-refractivity contribution in [3.63, 3.8) is 0 Å². The van der Waals surface area contributed by atoms with Crippen LogP contribution in [0.5, 0.6) is 0 Å². The molecule has 0 fully saturated rings. The van der Waals surface area contributed by atoms with Gasteiger partial charge in [0.15, 0.2) is 0 Å². The molecule has 0 spiro atoms. The third-order valence-corrected chi connectivity index (χ3v) is 3.82. The first-order chi connectivity index (χ1) is 11.8. The smallest absolute Gasteiger partial charge is 0.326 e. The van der Waals surface area contributed by atoms with Crippen molar-refractivity contribution in [1.82, 2.24) is 10.6 Å². The van der Waals surface area contributed by atoms with E-state index < -0.39 is 17.9 Å². The van der Waals surface area contributed by atoms with Gasteiger partial charge in [0, 0.05) is 11.4 Å². The average molecular weight is 369 g/mol. The number of hydrogen-bond acceptors (Lipinski definition) is 3. The van der Waals surface area contributed by atoms with Crippen molar-refractivity contribution in [2.75, 3.05) is 6.54 Å². The van der Waals surface area contributed by atoms with Crippen LogP contribution in [0.2, 0.25) is 5.02 Å². The highest BCUT2D eigenvalue weighted by atomic mass is 35.5. The summed E-state index contributed by atoms with van der Waals surface area (Å²) >= 11 is 5.81. The van der Waals surface area contributed by atoms with Crippen LogP contribution in [0.4, 0.5) is 0 Å². The first-order valence-corrected chi connectivity index (χ1v) is 8.69. The van der Waals surface area contributed by atoms with Crippen LogP contribution in [0.1, 0.15) is 38.7 Å². The minimum atomic E-state index is -1.07. The van der Waals surface area contributed by atoms with Gasteiger partial charge in [0.25, 0.3) is 0 Å². The number of carboxylic acids is 1. The van der Waals surface area contributed by atoms with E-state index in [1.54, 1.807) is 12.1 Å². The number of rotatable bonds is 10. The standard InChI is InChI=1S/C18H25ClN2O4/c1-12(2)10-15(18(24)25)21-17(23)11-20-16(22)5-3-4-13-6-8-14(19)9-7-13/h6-9,12,15H,3-5,10-11H2,1-2H3,(H,20,22)(H,21,23)(H,24,25)/t15-/m0/s1. The summed E-state index contributed by atoms with van der Waals surface area (Å²) in [4.78, 5) is 34.6. The van der Waals surface area contributed by atoms with Gasteiger partial charge in [-0.05, 0) is 42.9 Å². The summed E-state index contributed by atoms with van der Waals surface area (Å²) in [5, 5.41) is 14.7. The van der Waals surface area contributed by atoms with Gasteiger partial charge < -0.3 is 15.7 Å². The monoisotopic (exact) mass is 368 g/mol. The van der Waals surface area contributed by atoms with Crippen LogP contribution in [-0.4, -0.2) is 35.5 Å². The molecular weight excluding hydrogens is 344 g/mol. The molecule has 0 aliphatic rings. The molecule has 0 saturated carbocycles. The molecule has 0 aliphatic heterocycles. The Morgan fingerprint density at radius 2 is 1.76 bits per heavy atom. The van der Waals surface area contributed by atoms with Crippen molar-refractivity contribution >= 4 is 29.4 Å². The van der Waals surface area contributed by atoms with Gasteiger partial charge >= 0.3 is 5.97 Å². The van der Waals surface area contributed by atoms with Gasteiger partial charge in [0.05, 0.1) is 6.54 Å². The van der Waals surface area contributed by atoms with E-state index in [0.717, 1.165) is 12.0 Å². The zero-order valence-corrected chi connectivity index (χ0v) is 15.3. The van der Waals surface area contributed by atoms with E-state index in [9.17, 15) is 14.4 Å². The number of carboxylic acid groups (broad SMARTS) is 1. The highest BCUT2D eigenvalue weighted by Crippen LogP contribution is 2.11. The molecule has 0 heterocycles. The second-order valence-electron chi connectivity index (χ2n) is 6.34. The number of aliphatic carboxylic acids is 1. The molecule has 7 heteroatoms. The second kappa shape index (κ2) is 10.7. The Bertz CT molecular complexity index is 587. The first kappa shape index (κ1) is 21.0. The number of halogens is 1. The summed E-state index contributed by atoms with van der Waals surface area (Å²) in [5.74, 6) is -1.67. The van der Waals surface area contributed by atoms with Gasteiger partial charge in [-0.25, -0.2) is 4.79 Å². The molecule has 2 amide bonds. The fraction of sp³-hybridized carbons (Fsp3) is 0.500. The number of carbonyl (C=O) groups excluding carboxylic acids is 2. The van der Waals surface area contributed by atoms with Gasteiger partial charge in [0.1, 0.15) is 6.04 Å².